The summed E-state index contributed by atoms with van der Waals surface area (Å²) >= 11 is 0. The van der Waals surface area contributed by atoms with Gasteiger partial charge in [-0.05, 0) is 31.0 Å². The molecule has 0 saturated heterocycles. The zero-order chi connectivity index (χ0) is 19.3. The lowest BCUT2D eigenvalue weighted by molar-refractivity contribution is 0.0453. The number of aromatic nitrogens is 2. The zero-order valence-corrected chi connectivity index (χ0v) is 16.6. The van der Waals surface area contributed by atoms with Crippen LogP contribution < -0.4 is 10.6 Å². The normalized spacial score (nSPS) is 11.6. The van der Waals surface area contributed by atoms with Gasteiger partial charge in [0.25, 0.3) is 0 Å². The molecule has 2 aromatic rings. The van der Waals surface area contributed by atoms with Crippen LogP contribution in [0.3, 0.4) is 0 Å². The quantitative estimate of drug-likeness (QED) is 0.359. The van der Waals surface area contributed by atoms with E-state index in [-0.39, 0.29) is 0 Å². The van der Waals surface area contributed by atoms with E-state index in [2.05, 4.69) is 45.8 Å². The molecule has 0 unspecified atom stereocenters. The van der Waals surface area contributed by atoms with Gasteiger partial charge in [-0.1, -0.05) is 24.3 Å². The molecule has 0 saturated carbocycles. The third-order valence-electron chi connectivity index (χ3n) is 3.96. The maximum Gasteiger partial charge on any atom is 0.191 e. The number of nitrogens with zero attached hydrogens (tertiary/aromatic N) is 3. The van der Waals surface area contributed by atoms with E-state index in [4.69, 9.17) is 9.47 Å². The average molecular weight is 374 g/mol. The number of hydrogen-bond acceptors (Lipinski definition) is 4. The molecule has 1 aromatic heterocycles. The summed E-state index contributed by atoms with van der Waals surface area (Å²) in [6.45, 7) is 8.68. The van der Waals surface area contributed by atoms with Crippen LogP contribution in [0.4, 0.5) is 0 Å². The highest BCUT2D eigenvalue weighted by atomic mass is 16.5. The number of rotatable bonds is 11. The van der Waals surface area contributed by atoms with Crippen LogP contribution in [0.2, 0.25) is 0 Å². The van der Waals surface area contributed by atoms with Crippen LogP contribution in [0, 0.1) is 0 Å². The minimum Gasteiger partial charge on any atom is -0.379 e. The first kappa shape index (κ1) is 20.9. The summed E-state index contributed by atoms with van der Waals surface area (Å²) in [5, 5.41) is 10.8. The van der Waals surface area contributed by atoms with Crippen molar-refractivity contribution in [3.05, 3.63) is 53.3 Å². The van der Waals surface area contributed by atoms with Gasteiger partial charge in [-0.25, -0.2) is 4.99 Å². The van der Waals surface area contributed by atoms with E-state index >= 15 is 0 Å². The van der Waals surface area contributed by atoms with Crippen LogP contribution in [0.25, 0.3) is 0 Å². The van der Waals surface area contributed by atoms with Gasteiger partial charge in [0.2, 0.25) is 0 Å². The summed E-state index contributed by atoms with van der Waals surface area (Å²) in [5.41, 5.74) is 3.40. The number of benzene rings is 1. The van der Waals surface area contributed by atoms with Gasteiger partial charge in [0, 0.05) is 26.4 Å². The standard InChI is InChI=1S/C20H31N5O2/c1-4-21-20(23-15-19-9-10-24-25(19)3)22-14-17-7-6-8-18(13-17)16-27-12-11-26-5-2/h6-10,13H,4-5,11-12,14-16H2,1-3H3,(H2,21,22,23). The topological polar surface area (TPSA) is 72.7 Å². The van der Waals surface area contributed by atoms with Gasteiger partial charge in [-0.15, -0.1) is 0 Å². The molecule has 0 aliphatic heterocycles. The first-order chi connectivity index (χ1) is 13.2. The molecule has 2 N–H and O–H groups in total. The van der Waals surface area contributed by atoms with Gasteiger partial charge in [0.05, 0.1) is 38.6 Å². The number of ether oxygens (including phenoxy) is 2. The van der Waals surface area contributed by atoms with Gasteiger partial charge in [0.1, 0.15) is 0 Å². The number of hydrogen-bond donors (Lipinski definition) is 2. The van der Waals surface area contributed by atoms with Gasteiger partial charge in [-0.3, -0.25) is 4.68 Å². The lowest BCUT2D eigenvalue weighted by Gasteiger charge is -2.12. The molecule has 0 radical (unpaired) electrons. The van der Waals surface area contributed by atoms with E-state index in [9.17, 15) is 0 Å². The van der Waals surface area contributed by atoms with Crippen molar-refractivity contribution in [2.24, 2.45) is 12.0 Å². The van der Waals surface area contributed by atoms with E-state index in [1.165, 1.54) is 0 Å². The van der Waals surface area contributed by atoms with Gasteiger partial charge < -0.3 is 20.1 Å². The summed E-state index contributed by atoms with van der Waals surface area (Å²) in [4.78, 5) is 4.68. The Morgan fingerprint density at radius 3 is 2.67 bits per heavy atom. The Hall–Kier alpha value is -2.38. The molecule has 27 heavy (non-hydrogen) atoms. The van der Waals surface area contributed by atoms with Crippen molar-refractivity contribution in [3.8, 4) is 0 Å². The van der Waals surface area contributed by atoms with Crippen LogP contribution in [0.1, 0.15) is 30.7 Å². The Balaban J connectivity index is 1.86. The summed E-state index contributed by atoms with van der Waals surface area (Å²) in [6.07, 6.45) is 1.79. The lowest BCUT2D eigenvalue weighted by atomic mass is 10.1. The summed E-state index contributed by atoms with van der Waals surface area (Å²) in [6, 6.07) is 10.3. The van der Waals surface area contributed by atoms with Crippen molar-refractivity contribution in [1.29, 1.82) is 0 Å². The van der Waals surface area contributed by atoms with E-state index < -0.39 is 0 Å². The van der Waals surface area contributed by atoms with E-state index in [1.54, 1.807) is 6.20 Å². The second-order valence-corrected chi connectivity index (χ2v) is 6.06. The molecule has 1 aromatic carbocycles. The molecule has 0 spiro atoms. The molecular formula is C20H31N5O2. The SMILES string of the molecule is CCNC(=NCc1cccc(COCCOCC)c1)NCc1ccnn1C. The minimum atomic E-state index is 0.587. The molecule has 2 rings (SSSR count). The molecule has 7 nitrogen and oxygen atoms in total. The van der Waals surface area contributed by atoms with Gasteiger partial charge in [-0.2, -0.15) is 5.10 Å². The van der Waals surface area contributed by atoms with Crippen molar-refractivity contribution < 1.29 is 9.47 Å². The number of nitrogens with one attached hydrogen (secondary N) is 2. The molecular weight excluding hydrogens is 342 g/mol. The molecule has 7 heteroatoms. The highest BCUT2D eigenvalue weighted by Crippen LogP contribution is 2.08. The largest absolute Gasteiger partial charge is 0.379 e. The number of guanidine groups is 1. The molecule has 0 aliphatic carbocycles. The molecule has 0 atom stereocenters. The van der Waals surface area contributed by atoms with E-state index in [1.807, 2.05) is 30.8 Å². The fourth-order valence-corrected chi connectivity index (χ4v) is 2.53. The fraction of sp³-hybridized carbons (Fsp3) is 0.500. The van der Waals surface area contributed by atoms with E-state index in [0.29, 0.717) is 32.9 Å². The molecule has 1 heterocycles. The summed E-state index contributed by atoms with van der Waals surface area (Å²) in [5.74, 6) is 0.789. The number of aryl methyl sites for hydroxylation is 1. The third kappa shape index (κ3) is 7.80. The van der Waals surface area contributed by atoms with Crippen molar-refractivity contribution in [2.75, 3.05) is 26.4 Å². The van der Waals surface area contributed by atoms with Crippen LogP contribution in [0.15, 0.2) is 41.5 Å². The van der Waals surface area contributed by atoms with Gasteiger partial charge >= 0.3 is 0 Å². The van der Waals surface area contributed by atoms with Crippen molar-refractivity contribution in [2.45, 2.75) is 33.5 Å². The monoisotopic (exact) mass is 373 g/mol. The Morgan fingerprint density at radius 2 is 1.93 bits per heavy atom. The molecule has 0 bridgehead atoms. The highest BCUT2D eigenvalue weighted by molar-refractivity contribution is 5.79. The predicted octanol–water partition coefficient (Wildman–Crippen LogP) is 2.23. The molecule has 0 amide bonds. The highest BCUT2D eigenvalue weighted by Gasteiger charge is 2.02. The van der Waals surface area contributed by atoms with Crippen LogP contribution in [-0.4, -0.2) is 42.1 Å². The molecule has 148 valence electrons. The third-order valence-corrected chi connectivity index (χ3v) is 3.96. The first-order valence-corrected chi connectivity index (χ1v) is 9.45. The smallest absolute Gasteiger partial charge is 0.191 e. The summed E-state index contributed by atoms with van der Waals surface area (Å²) in [7, 11) is 1.93. The van der Waals surface area contributed by atoms with Crippen molar-refractivity contribution >= 4 is 5.96 Å². The van der Waals surface area contributed by atoms with Crippen LogP contribution in [-0.2, 0) is 36.2 Å². The van der Waals surface area contributed by atoms with Crippen LogP contribution in [0.5, 0.6) is 0 Å². The second kappa shape index (κ2) is 12.1. The summed E-state index contributed by atoms with van der Waals surface area (Å²) < 4.78 is 12.8. The van der Waals surface area contributed by atoms with Crippen LogP contribution >= 0.6 is 0 Å². The number of aliphatic imine (C=N–C) groups is 1. The van der Waals surface area contributed by atoms with E-state index in [0.717, 1.165) is 35.9 Å². The molecule has 0 aliphatic rings. The maximum absolute atomic E-state index is 5.64. The van der Waals surface area contributed by atoms with Gasteiger partial charge in [0.15, 0.2) is 5.96 Å². The Kier molecular flexibility index (Phi) is 9.37. The maximum atomic E-state index is 5.64. The minimum absolute atomic E-state index is 0.587. The van der Waals surface area contributed by atoms with Crippen molar-refractivity contribution in [1.82, 2.24) is 20.4 Å². The first-order valence-electron chi connectivity index (χ1n) is 9.45. The molecule has 0 fully saturated rings. The Labute approximate surface area is 161 Å². The fourth-order valence-electron chi connectivity index (χ4n) is 2.53. The lowest BCUT2D eigenvalue weighted by Crippen LogP contribution is -2.37. The Bertz CT molecular complexity index is 699. The average Bonchev–Trinajstić information content (AvgIpc) is 3.09. The van der Waals surface area contributed by atoms with Crippen molar-refractivity contribution in [3.63, 3.8) is 0 Å². The zero-order valence-electron chi connectivity index (χ0n) is 16.6. The predicted molar refractivity (Wildman–Crippen MR) is 107 cm³/mol. The Morgan fingerprint density at radius 1 is 1.11 bits per heavy atom. The second-order valence-electron chi connectivity index (χ2n) is 6.06.